The molecule has 2 aromatic rings. The normalized spacial score (nSPS) is 12.1. The van der Waals surface area contributed by atoms with Crippen LogP contribution in [0.4, 0.5) is 11.4 Å². The number of nitrogens with zero attached hydrogens (tertiary/aromatic N) is 2. The predicted octanol–water partition coefficient (Wildman–Crippen LogP) is 10.5. The van der Waals surface area contributed by atoms with Crippen LogP contribution in [-0.2, 0) is 16.5 Å². The Bertz CT molecular complexity index is 940. The van der Waals surface area contributed by atoms with E-state index in [0.29, 0.717) is 0 Å². The molecular formula is C32H44N2Ni. The first kappa shape index (κ1) is 30.8. The molecule has 0 aliphatic heterocycles. The second-order valence-electron chi connectivity index (χ2n) is 8.95. The average Bonchev–Trinajstić information content (AvgIpc) is 2.86. The zero-order chi connectivity index (χ0) is 24.3. The van der Waals surface area contributed by atoms with Gasteiger partial charge in [0.05, 0.1) is 17.1 Å². The summed E-state index contributed by atoms with van der Waals surface area (Å²) in [4.78, 5) is 9.78. The molecule has 3 heteroatoms. The molecule has 0 N–H and O–H groups in total. The predicted molar refractivity (Wildman–Crippen MR) is 154 cm³/mol. The first-order chi connectivity index (χ1) is 16.7. The van der Waals surface area contributed by atoms with E-state index in [4.69, 9.17) is 9.98 Å². The Labute approximate surface area is 224 Å². The third kappa shape index (κ3) is 14.0. The zero-order valence-corrected chi connectivity index (χ0v) is 23.0. The maximum absolute atomic E-state index is 4.99. The smallest absolute Gasteiger partial charge is 0.0639 e. The van der Waals surface area contributed by atoms with Gasteiger partial charge in [-0.15, -0.1) is 0 Å². The molecule has 0 spiro atoms. The van der Waals surface area contributed by atoms with Gasteiger partial charge in [0.25, 0.3) is 0 Å². The van der Waals surface area contributed by atoms with Crippen molar-refractivity contribution in [2.45, 2.75) is 91.4 Å². The summed E-state index contributed by atoms with van der Waals surface area (Å²) in [6.45, 7) is 6.71. The molecule has 35 heavy (non-hydrogen) atoms. The third-order valence-electron chi connectivity index (χ3n) is 5.73. The van der Waals surface area contributed by atoms with Crippen LogP contribution in [0.25, 0.3) is 12.2 Å². The van der Waals surface area contributed by atoms with Crippen LogP contribution in [0.5, 0.6) is 0 Å². The van der Waals surface area contributed by atoms with Crippen LogP contribution >= 0.6 is 0 Å². The fourth-order valence-electron chi connectivity index (χ4n) is 3.69. The Morgan fingerprint density at radius 2 is 1.26 bits per heavy atom. The molecule has 0 saturated carbocycles. The number of unbranched alkanes of at least 4 members (excludes halogenated alkanes) is 7. The van der Waals surface area contributed by atoms with Gasteiger partial charge in [-0.25, -0.2) is 0 Å². The number of hydrogen-bond acceptors (Lipinski definition) is 2. The van der Waals surface area contributed by atoms with E-state index in [0.717, 1.165) is 42.8 Å². The second kappa shape index (κ2) is 20.0. The van der Waals surface area contributed by atoms with Gasteiger partial charge in [0.15, 0.2) is 0 Å². The molecule has 0 radical (unpaired) electrons. The fraction of sp³-hybridized carbons (Fsp3) is 0.438. The Hall–Kier alpha value is -2.25. The van der Waals surface area contributed by atoms with Crippen molar-refractivity contribution in [2.75, 3.05) is 0 Å². The Morgan fingerprint density at radius 3 is 1.86 bits per heavy atom. The number of rotatable bonds is 16. The van der Waals surface area contributed by atoms with Gasteiger partial charge in [-0.3, -0.25) is 9.98 Å². The first-order valence-electron chi connectivity index (χ1n) is 13.4. The number of benzene rings is 2. The van der Waals surface area contributed by atoms with Crippen LogP contribution in [0.2, 0.25) is 0 Å². The van der Waals surface area contributed by atoms with E-state index in [2.05, 4.69) is 93.6 Å². The van der Waals surface area contributed by atoms with Crippen molar-refractivity contribution < 1.29 is 16.5 Å². The topological polar surface area (TPSA) is 24.7 Å². The standard InChI is InChI=1S/C32H44N2.Ni/c1-4-7-10-13-18-28-20-16-23-30(25-28)33-27-32(22-15-12-9-6-3)34-31-24-17-21-29(26-31)19-14-11-8-5-2;/h13-14,16-21,23-27H,4-12,15,22H2,1-3H3;. The number of hydrogen-bond donors (Lipinski definition) is 0. The van der Waals surface area contributed by atoms with Crippen molar-refractivity contribution in [3.63, 3.8) is 0 Å². The summed E-state index contributed by atoms with van der Waals surface area (Å²) in [6, 6.07) is 16.9. The van der Waals surface area contributed by atoms with Crippen LogP contribution in [0.15, 0.2) is 70.7 Å². The Balaban J connectivity index is 0.00000612. The molecular weight excluding hydrogens is 471 g/mol. The molecule has 0 unspecified atom stereocenters. The molecule has 0 saturated heterocycles. The van der Waals surface area contributed by atoms with Crippen molar-refractivity contribution in [1.82, 2.24) is 0 Å². The van der Waals surface area contributed by atoms with E-state index in [-0.39, 0.29) is 16.5 Å². The monoisotopic (exact) mass is 514 g/mol. The molecule has 2 nitrogen and oxygen atoms in total. The fourth-order valence-corrected chi connectivity index (χ4v) is 3.69. The van der Waals surface area contributed by atoms with Gasteiger partial charge in [-0.2, -0.15) is 0 Å². The summed E-state index contributed by atoms with van der Waals surface area (Å²) in [5.41, 5.74) is 5.44. The van der Waals surface area contributed by atoms with Crippen LogP contribution in [0.3, 0.4) is 0 Å². The molecule has 2 aromatic carbocycles. The minimum absolute atomic E-state index is 0. The largest absolute Gasteiger partial charge is 0.255 e. The first-order valence-corrected chi connectivity index (χ1v) is 13.4. The van der Waals surface area contributed by atoms with Crippen molar-refractivity contribution in [1.29, 1.82) is 0 Å². The van der Waals surface area contributed by atoms with E-state index in [1.54, 1.807) is 0 Å². The molecule has 0 aromatic heterocycles. The van der Waals surface area contributed by atoms with E-state index >= 15 is 0 Å². The molecule has 0 atom stereocenters. The van der Waals surface area contributed by atoms with E-state index in [1.165, 1.54) is 56.1 Å². The maximum Gasteiger partial charge on any atom is 0.0639 e. The molecule has 0 aliphatic carbocycles. The van der Waals surface area contributed by atoms with E-state index in [1.807, 2.05) is 6.21 Å². The van der Waals surface area contributed by atoms with Gasteiger partial charge < -0.3 is 0 Å². The molecule has 0 fully saturated rings. The zero-order valence-electron chi connectivity index (χ0n) is 22.0. The number of allylic oxidation sites excluding steroid dienone is 2. The molecule has 0 heterocycles. The van der Waals surface area contributed by atoms with Gasteiger partial charge in [0.2, 0.25) is 0 Å². The van der Waals surface area contributed by atoms with Crippen LogP contribution in [0, 0.1) is 0 Å². The third-order valence-corrected chi connectivity index (χ3v) is 5.73. The van der Waals surface area contributed by atoms with Gasteiger partial charge in [0, 0.05) is 22.7 Å². The van der Waals surface area contributed by atoms with Gasteiger partial charge in [-0.05, 0) is 61.1 Å². The molecule has 0 aliphatic rings. The molecule has 0 bridgehead atoms. The van der Waals surface area contributed by atoms with Gasteiger partial charge >= 0.3 is 0 Å². The summed E-state index contributed by atoms with van der Waals surface area (Å²) < 4.78 is 0. The van der Waals surface area contributed by atoms with Crippen LogP contribution in [0.1, 0.15) is 103 Å². The maximum atomic E-state index is 4.99. The van der Waals surface area contributed by atoms with Crippen LogP contribution in [-0.4, -0.2) is 11.9 Å². The molecule has 2 rings (SSSR count). The Kier molecular flexibility index (Phi) is 17.6. The summed E-state index contributed by atoms with van der Waals surface area (Å²) in [5, 5.41) is 0. The summed E-state index contributed by atoms with van der Waals surface area (Å²) in [6.07, 6.45) is 24.0. The van der Waals surface area contributed by atoms with E-state index < -0.39 is 0 Å². The van der Waals surface area contributed by atoms with E-state index in [9.17, 15) is 0 Å². The summed E-state index contributed by atoms with van der Waals surface area (Å²) in [7, 11) is 0. The average molecular weight is 515 g/mol. The summed E-state index contributed by atoms with van der Waals surface area (Å²) >= 11 is 0. The van der Waals surface area contributed by atoms with Gasteiger partial charge in [0.1, 0.15) is 0 Å². The molecule has 192 valence electrons. The minimum atomic E-state index is 0. The van der Waals surface area contributed by atoms with Gasteiger partial charge in [-0.1, -0.05) is 114 Å². The number of aliphatic imine (C=N–C) groups is 2. The minimum Gasteiger partial charge on any atom is -0.255 e. The van der Waals surface area contributed by atoms with Crippen molar-refractivity contribution in [3.8, 4) is 0 Å². The second-order valence-corrected chi connectivity index (χ2v) is 8.95. The quantitative estimate of drug-likeness (QED) is 0.121. The van der Waals surface area contributed by atoms with Crippen molar-refractivity contribution in [3.05, 3.63) is 71.8 Å². The van der Waals surface area contributed by atoms with Crippen LogP contribution < -0.4 is 0 Å². The Morgan fingerprint density at radius 1 is 0.686 bits per heavy atom. The van der Waals surface area contributed by atoms with Crippen molar-refractivity contribution >= 4 is 35.5 Å². The SMILES string of the molecule is CCCCC=Cc1cccc(N=CC(CCCCCC)=Nc2cccc(C=CCCCC)c2)c1.[Ni]. The van der Waals surface area contributed by atoms with Crippen molar-refractivity contribution in [2.24, 2.45) is 9.98 Å². The summed E-state index contributed by atoms with van der Waals surface area (Å²) in [5.74, 6) is 0. The molecule has 0 amide bonds.